The molecule has 0 N–H and O–H groups in total. The van der Waals surface area contributed by atoms with Crippen LogP contribution < -0.4 is 9.47 Å². The highest BCUT2D eigenvalue weighted by molar-refractivity contribution is 5.65. The fraction of sp³-hybridized carbons (Fsp3) is 0.100. The van der Waals surface area contributed by atoms with Crippen LogP contribution in [0, 0.1) is 34.9 Å². The van der Waals surface area contributed by atoms with Crippen LogP contribution in [0.5, 0.6) is 11.5 Å². The van der Waals surface area contributed by atoms with Gasteiger partial charge in [-0.15, -0.1) is 13.2 Å². The van der Waals surface area contributed by atoms with Crippen molar-refractivity contribution in [2.24, 2.45) is 0 Å². The van der Waals surface area contributed by atoms with Crippen molar-refractivity contribution in [1.82, 2.24) is 0 Å². The number of hydrogen-bond acceptors (Lipinski definition) is 2. The van der Waals surface area contributed by atoms with E-state index in [2.05, 4.69) is 9.47 Å². The van der Waals surface area contributed by atoms with Gasteiger partial charge in [-0.25, -0.2) is 26.3 Å². The van der Waals surface area contributed by atoms with Gasteiger partial charge in [-0.2, -0.15) is 8.78 Å². The molecule has 0 saturated carbocycles. The number of ether oxygens (including phenoxy) is 2. The standard InChI is InChI=1S/C20H7F11O2/c21-9-1-2-11(12(22)5-9)8-3-13(23)17(14(24)4-8)19(27,28)32-10-6-15(25)18(16(26)7-10)33-20(29,30)31/h1-7H. The van der Waals surface area contributed by atoms with E-state index in [0.29, 0.717) is 6.07 Å². The molecule has 0 unspecified atom stereocenters. The fourth-order valence-corrected chi connectivity index (χ4v) is 2.74. The molecule has 0 aliphatic carbocycles. The SMILES string of the molecule is Fc1ccc(-c2cc(F)c(C(F)(F)Oc3cc(F)c(OC(F)(F)F)c(F)c3)c(F)c2)c(F)c1. The molecule has 0 atom stereocenters. The van der Waals surface area contributed by atoms with Gasteiger partial charge in [0, 0.05) is 23.8 Å². The molecular formula is C20H7F11O2. The minimum absolute atomic E-state index is 0.129. The van der Waals surface area contributed by atoms with Gasteiger partial charge in [0.2, 0.25) is 5.75 Å². The number of alkyl halides is 5. The van der Waals surface area contributed by atoms with Crippen molar-refractivity contribution in [3.8, 4) is 22.6 Å². The molecule has 0 radical (unpaired) electrons. The summed E-state index contributed by atoms with van der Waals surface area (Å²) in [5.74, 6) is -13.8. The van der Waals surface area contributed by atoms with Gasteiger partial charge in [-0.05, 0) is 29.8 Å². The van der Waals surface area contributed by atoms with Crippen LogP contribution in [-0.2, 0) is 6.11 Å². The van der Waals surface area contributed by atoms with E-state index in [4.69, 9.17) is 0 Å². The van der Waals surface area contributed by atoms with Crippen molar-refractivity contribution in [3.63, 3.8) is 0 Å². The van der Waals surface area contributed by atoms with Crippen molar-refractivity contribution < 1.29 is 57.8 Å². The second-order valence-electron chi connectivity index (χ2n) is 6.32. The first-order valence-electron chi connectivity index (χ1n) is 8.44. The molecule has 0 heterocycles. The highest BCUT2D eigenvalue weighted by atomic mass is 19.4. The van der Waals surface area contributed by atoms with Crippen LogP contribution in [-0.4, -0.2) is 6.36 Å². The molecule has 0 bridgehead atoms. The summed E-state index contributed by atoms with van der Waals surface area (Å²) in [5.41, 5.74) is -3.17. The van der Waals surface area contributed by atoms with Crippen molar-refractivity contribution in [1.29, 1.82) is 0 Å². The molecule has 0 aromatic heterocycles. The van der Waals surface area contributed by atoms with E-state index < -0.39 is 75.6 Å². The van der Waals surface area contributed by atoms with E-state index in [1.165, 1.54) is 0 Å². The third-order valence-corrected chi connectivity index (χ3v) is 4.01. The first kappa shape index (κ1) is 24.1. The van der Waals surface area contributed by atoms with E-state index in [-0.39, 0.29) is 24.3 Å². The molecule has 33 heavy (non-hydrogen) atoms. The number of benzene rings is 3. The smallest absolute Gasteiger partial charge is 0.429 e. The highest BCUT2D eigenvalue weighted by Gasteiger charge is 2.42. The topological polar surface area (TPSA) is 18.5 Å². The van der Waals surface area contributed by atoms with E-state index in [1.54, 1.807) is 0 Å². The zero-order valence-corrected chi connectivity index (χ0v) is 15.5. The minimum atomic E-state index is -5.51. The van der Waals surface area contributed by atoms with Gasteiger partial charge in [-0.3, -0.25) is 0 Å². The average Bonchev–Trinajstić information content (AvgIpc) is 2.62. The Morgan fingerprint density at radius 2 is 1.12 bits per heavy atom. The van der Waals surface area contributed by atoms with Gasteiger partial charge in [0.25, 0.3) is 0 Å². The molecule has 3 aromatic rings. The number of hydrogen-bond donors (Lipinski definition) is 0. The van der Waals surface area contributed by atoms with Crippen LogP contribution >= 0.6 is 0 Å². The van der Waals surface area contributed by atoms with Crippen molar-refractivity contribution >= 4 is 0 Å². The summed E-state index contributed by atoms with van der Waals surface area (Å²) in [7, 11) is 0. The Morgan fingerprint density at radius 1 is 0.576 bits per heavy atom. The Hall–Kier alpha value is -3.51. The van der Waals surface area contributed by atoms with Gasteiger partial charge >= 0.3 is 12.5 Å². The van der Waals surface area contributed by atoms with Gasteiger partial charge in [0.1, 0.15) is 34.6 Å². The van der Waals surface area contributed by atoms with Crippen LogP contribution in [0.2, 0.25) is 0 Å². The first-order valence-corrected chi connectivity index (χ1v) is 8.44. The van der Waals surface area contributed by atoms with Gasteiger partial charge < -0.3 is 9.47 Å². The summed E-state index contributed by atoms with van der Waals surface area (Å²) >= 11 is 0. The molecule has 0 saturated heterocycles. The Balaban J connectivity index is 1.96. The molecule has 176 valence electrons. The summed E-state index contributed by atoms with van der Waals surface area (Å²) in [4.78, 5) is 0. The summed E-state index contributed by atoms with van der Waals surface area (Å²) < 4.78 is 155. The van der Waals surface area contributed by atoms with Crippen molar-refractivity contribution in [2.45, 2.75) is 12.5 Å². The lowest BCUT2D eigenvalue weighted by Gasteiger charge is -2.20. The average molecular weight is 488 g/mol. The quantitative estimate of drug-likeness (QED) is 0.354. The Bertz CT molecular complexity index is 1160. The van der Waals surface area contributed by atoms with Crippen molar-refractivity contribution in [3.05, 3.63) is 82.9 Å². The van der Waals surface area contributed by atoms with E-state index in [9.17, 15) is 48.3 Å². The van der Waals surface area contributed by atoms with Crippen LogP contribution in [0.3, 0.4) is 0 Å². The summed E-state index contributed by atoms with van der Waals surface area (Å²) in [6, 6.07) is 2.21. The second kappa shape index (κ2) is 8.45. The lowest BCUT2D eigenvalue weighted by Crippen LogP contribution is -2.25. The van der Waals surface area contributed by atoms with Crippen LogP contribution in [0.15, 0.2) is 42.5 Å². The Kier molecular flexibility index (Phi) is 6.18. The third-order valence-electron chi connectivity index (χ3n) is 4.01. The first-order chi connectivity index (χ1) is 15.2. The largest absolute Gasteiger partial charge is 0.573 e. The minimum Gasteiger partial charge on any atom is -0.429 e. The van der Waals surface area contributed by atoms with Crippen LogP contribution in [0.1, 0.15) is 5.56 Å². The molecule has 0 amide bonds. The molecule has 3 aromatic carbocycles. The molecule has 0 fully saturated rings. The molecule has 0 aliphatic rings. The van der Waals surface area contributed by atoms with Gasteiger partial charge in [0.15, 0.2) is 11.6 Å². The Morgan fingerprint density at radius 3 is 1.61 bits per heavy atom. The monoisotopic (exact) mass is 488 g/mol. The Labute approximate surface area is 176 Å². The molecule has 13 heteroatoms. The second-order valence-corrected chi connectivity index (χ2v) is 6.32. The zero-order valence-electron chi connectivity index (χ0n) is 15.5. The summed E-state index contributed by atoms with van der Waals surface area (Å²) in [6.45, 7) is 0. The lowest BCUT2D eigenvalue weighted by molar-refractivity contribution is -0.276. The highest BCUT2D eigenvalue weighted by Crippen LogP contribution is 2.39. The van der Waals surface area contributed by atoms with Gasteiger partial charge in [-0.1, -0.05) is 0 Å². The number of rotatable bonds is 5. The third kappa shape index (κ3) is 5.29. The molecule has 2 nitrogen and oxygen atoms in total. The van der Waals surface area contributed by atoms with Crippen molar-refractivity contribution in [2.75, 3.05) is 0 Å². The fourth-order valence-electron chi connectivity index (χ4n) is 2.74. The maximum atomic E-state index is 14.4. The summed E-state index contributed by atoms with van der Waals surface area (Å²) in [6.07, 6.45) is -10.4. The molecule has 0 aliphatic heterocycles. The van der Waals surface area contributed by atoms with E-state index >= 15 is 0 Å². The maximum Gasteiger partial charge on any atom is 0.573 e. The van der Waals surface area contributed by atoms with E-state index in [1.807, 2.05) is 0 Å². The van der Waals surface area contributed by atoms with Crippen LogP contribution in [0.25, 0.3) is 11.1 Å². The van der Waals surface area contributed by atoms with Gasteiger partial charge in [0.05, 0.1) is 0 Å². The molecule has 0 spiro atoms. The predicted octanol–water partition coefficient (Wildman–Crippen LogP) is 7.22. The molecular weight excluding hydrogens is 481 g/mol. The summed E-state index contributed by atoms with van der Waals surface area (Å²) in [5, 5.41) is 0. The van der Waals surface area contributed by atoms with Crippen LogP contribution in [0.4, 0.5) is 48.3 Å². The normalized spacial score (nSPS) is 12.1. The zero-order chi connectivity index (χ0) is 24.7. The number of halogens is 11. The maximum absolute atomic E-state index is 14.4. The molecule has 3 rings (SSSR count). The predicted molar refractivity (Wildman–Crippen MR) is 89.3 cm³/mol. The van der Waals surface area contributed by atoms with E-state index in [0.717, 1.165) is 12.1 Å². The lowest BCUT2D eigenvalue weighted by atomic mass is 10.0.